The van der Waals surface area contributed by atoms with Crippen LogP contribution in [0.1, 0.15) is 55.2 Å². The van der Waals surface area contributed by atoms with E-state index in [2.05, 4.69) is 60.1 Å². The summed E-state index contributed by atoms with van der Waals surface area (Å²) in [6.07, 6.45) is 7.38. The van der Waals surface area contributed by atoms with Gasteiger partial charge < -0.3 is 20.5 Å². The summed E-state index contributed by atoms with van der Waals surface area (Å²) in [5.41, 5.74) is 3.95. The number of benzene rings is 1. The minimum absolute atomic E-state index is 0.132. The second-order valence-electron chi connectivity index (χ2n) is 9.37. The number of carbonyl (C=O) groups excluding carboxylic acids is 1. The highest BCUT2D eigenvalue weighted by Crippen LogP contribution is 2.26. The number of aromatic nitrogens is 3. The van der Waals surface area contributed by atoms with E-state index in [1.807, 2.05) is 69.5 Å². The van der Waals surface area contributed by atoms with Gasteiger partial charge in [-0.3, -0.25) is 9.48 Å². The maximum absolute atomic E-state index is 13.2. The molecule has 2 heterocycles. The SMILES string of the molecule is C=C/C(=C\C=C/C)c1nn(C)c(C)c1C(=O)Nc1ccc(NC(=C)Nc2cc(C(C)(C)C)on2)cc1. The molecular weight excluding hydrogens is 452 g/mol. The Morgan fingerprint density at radius 2 is 1.75 bits per heavy atom. The van der Waals surface area contributed by atoms with Crippen LogP contribution in [-0.4, -0.2) is 20.8 Å². The standard InChI is InChI=1S/C28H34N6O2/c1-9-11-12-20(10-2)26-25(18(3)34(8)32-26)27(35)31-22-15-13-21(14-16-22)29-19(4)30-24-17-23(36-33-24)28(5,6)7/h9-17,29H,2,4H2,1,3,5-8H3,(H,30,33)(H,31,35)/b11-9-,20-12+. The van der Waals surface area contributed by atoms with Gasteiger partial charge in [-0.05, 0) is 38.1 Å². The van der Waals surface area contributed by atoms with E-state index in [0.29, 0.717) is 28.6 Å². The first-order valence-electron chi connectivity index (χ1n) is 11.6. The molecule has 8 nitrogen and oxygen atoms in total. The molecule has 0 saturated heterocycles. The predicted octanol–water partition coefficient (Wildman–Crippen LogP) is 6.41. The zero-order valence-electron chi connectivity index (χ0n) is 21.8. The number of hydrogen-bond acceptors (Lipinski definition) is 6. The first-order chi connectivity index (χ1) is 17.0. The Morgan fingerprint density at radius 3 is 2.31 bits per heavy atom. The van der Waals surface area contributed by atoms with Crippen LogP contribution < -0.4 is 16.0 Å². The number of rotatable bonds is 9. The van der Waals surface area contributed by atoms with Crippen molar-refractivity contribution in [2.45, 2.75) is 40.0 Å². The van der Waals surface area contributed by atoms with E-state index in [-0.39, 0.29) is 11.3 Å². The molecule has 0 bridgehead atoms. The van der Waals surface area contributed by atoms with Crippen LogP contribution in [0, 0.1) is 6.92 Å². The monoisotopic (exact) mass is 486 g/mol. The Balaban J connectivity index is 1.69. The Labute approximate surface area is 212 Å². The molecule has 0 atom stereocenters. The minimum Gasteiger partial charge on any atom is -0.359 e. The molecule has 8 heteroatoms. The molecule has 2 aromatic heterocycles. The van der Waals surface area contributed by atoms with Gasteiger partial charge in [0.2, 0.25) is 0 Å². The molecule has 0 aliphatic rings. The molecule has 0 spiro atoms. The lowest BCUT2D eigenvalue weighted by Gasteiger charge is -2.12. The molecule has 188 valence electrons. The number of allylic oxidation sites excluding steroid dienone is 5. The van der Waals surface area contributed by atoms with E-state index in [9.17, 15) is 4.79 Å². The van der Waals surface area contributed by atoms with Gasteiger partial charge in [0.15, 0.2) is 5.82 Å². The topological polar surface area (TPSA) is 97.0 Å². The maximum Gasteiger partial charge on any atom is 0.259 e. The van der Waals surface area contributed by atoms with Crippen LogP contribution in [0.2, 0.25) is 0 Å². The molecule has 36 heavy (non-hydrogen) atoms. The third-order valence-electron chi connectivity index (χ3n) is 5.49. The average molecular weight is 487 g/mol. The van der Waals surface area contributed by atoms with Crippen LogP contribution in [-0.2, 0) is 12.5 Å². The molecule has 0 fully saturated rings. The minimum atomic E-state index is -0.240. The second-order valence-corrected chi connectivity index (χ2v) is 9.37. The summed E-state index contributed by atoms with van der Waals surface area (Å²) < 4.78 is 7.09. The van der Waals surface area contributed by atoms with Crippen molar-refractivity contribution in [1.82, 2.24) is 14.9 Å². The van der Waals surface area contributed by atoms with Crippen molar-refractivity contribution in [3.05, 3.63) is 96.3 Å². The van der Waals surface area contributed by atoms with Crippen molar-refractivity contribution >= 4 is 28.7 Å². The molecule has 3 N–H and O–H groups in total. The summed E-state index contributed by atoms with van der Waals surface area (Å²) in [5, 5.41) is 17.8. The summed E-state index contributed by atoms with van der Waals surface area (Å²) in [6, 6.07) is 9.19. The molecule has 0 radical (unpaired) electrons. The van der Waals surface area contributed by atoms with Gasteiger partial charge >= 0.3 is 0 Å². The van der Waals surface area contributed by atoms with Crippen molar-refractivity contribution in [2.24, 2.45) is 7.05 Å². The van der Waals surface area contributed by atoms with Crippen molar-refractivity contribution < 1.29 is 9.32 Å². The van der Waals surface area contributed by atoms with Gasteiger partial charge in [-0.15, -0.1) is 0 Å². The van der Waals surface area contributed by atoms with E-state index in [1.54, 1.807) is 10.8 Å². The van der Waals surface area contributed by atoms with Crippen LogP contribution in [0.15, 0.2) is 78.1 Å². The van der Waals surface area contributed by atoms with E-state index in [1.165, 1.54) is 0 Å². The molecule has 0 unspecified atom stereocenters. The molecule has 1 aromatic carbocycles. The van der Waals surface area contributed by atoms with E-state index in [4.69, 9.17) is 4.52 Å². The van der Waals surface area contributed by atoms with Gasteiger partial charge in [-0.2, -0.15) is 5.10 Å². The second kappa shape index (κ2) is 10.9. The van der Waals surface area contributed by atoms with Crippen LogP contribution >= 0.6 is 0 Å². The Kier molecular flexibility index (Phi) is 7.99. The van der Waals surface area contributed by atoms with E-state index < -0.39 is 0 Å². The fourth-order valence-electron chi connectivity index (χ4n) is 3.40. The summed E-state index contributed by atoms with van der Waals surface area (Å²) >= 11 is 0. The Hall–Kier alpha value is -4.33. The molecule has 0 aliphatic heterocycles. The van der Waals surface area contributed by atoms with Crippen LogP contribution in [0.25, 0.3) is 5.57 Å². The smallest absolute Gasteiger partial charge is 0.259 e. The lowest BCUT2D eigenvalue weighted by Crippen LogP contribution is -2.14. The first-order valence-corrected chi connectivity index (χ1v) is 11.6. The molecule has 3 aromatic rings. The first kappa shape index (κ1) is 26.3. The van der Waals surface area contributed by atoms with Crippen LogP contribution in [0.3, 0.4) is 0 Å². The highest BCUT2D eigenvalue weighted by atomic mass is 16.5. The zero-order valence-corrected chi connectivity index (χ0v) is 21.8. The highest BCUT2D eigenvalue weighted by Gasteiger charge is 2.22. The number of aryl methyl sites for hydroxylation is 1. The lowest BCUT2D eigenvalue weighted by molar-refractivity contribution is 0.102. The number of carbonyl (C=O) groups is 1. The Bertz CT molecular complexity index is 1320. The largest absolute Gasteiger partial charge is 0.359 e. The molecule has 0 aliphatic carbocycles. The third kappa shape index (κ3) is 6.21. The number of anilines is 3. The van der Waals surface area contributed by atoms with Gasteiger partial charge in [0.05, 0.1) is 5.56 Å². The quantitative estimate of drug-likeness (QED) is 0.303. The van der Waals surface area contributed by atoms with Gasteiger partial charge in [-0.25, -0.2) is 0 Å². The highest BCUT2D eigenvalue weighted by molar-refractivity contribution is 6.08. The van der Waals surface area contributed by atoms with Gasteiger partial charge in [0, 0.05) is 41.2 Å². The van der Waals surface area contributed by atoms with Crippen LogP contribution in [0.5, 0.6) is 0 Å². The summed E-state index contributed by atoms with van der Waals surface area (Å²) in [6.45, 7) is 17.8. The van der Waals surface area contributed by atoms with Crippen molar-refractivity contribution in [2.75, 3.05) is 16.0 Å². The number of nitrogens with zero attached hydrogens (tertiary/aromatic N) is 3. The zero-order chi connectivity index (χ0) is 26.5. The van der Waals surface area contributed by atoms with Gasteiger partial charge in [-0.1, -0.05) is 63.4 Å². The summed E-state index contributed by atoms with van der Waals surface area (Å²) in [7, 11) is 1.82. The fraction of sp³-hybridized carbons (Fsp3) is 0.250. The van der Waals surface area contributed by atoms with Gasteiger partial charge in [0.25, 0.3) is 5.91 Å². The van der Waals surface area contributed by atoms with Crippen molar-refractivity contribution in [1.29, 1.82) is 0 Å². The average Bonchev–Trinajstić information content (AvgIpc) is 3.40. The maximum atomic E-state index is 13.2. The molecule has 0 saturated carbocycles. The number of hydrogen-bond donors (Lipinski definition) is 3. The Morgan fingerprint density at radius 1 is 1.11 bits per heavy atom. The van der Waals surface area contributed by atoms with Gasteiger partial charge in [0.1, 0.15) is 17.3 Å². The van der Waals surface area contributed by atoms with E-state index in [0.717, 1.165) is 22.7 Å². The molecular formula is C28H34N6O2. The van der Waals surface area contributed by atoms with Crippen LogP contribution in [0.4, 0.5) is 17.2 Å². The predicted molar refractivity (Wildman–Crippen MR) is 147 cm³/mol. The van der Waals surface area contributed by atoms with Crippen molar-refractivity contribution in [3.63, 3.8) is 0 Å². The molecule has 3 rings (SSSR count). The normalized spacial score (nSPS) is 12.0. The summed E-state index contributed by atoms with van der Waals surface area (Å²) in [4.78, 5) is 13.2. The van der Waals surface area contributed by atoms with E-state index >= 15 is 0 Å². The lowest BCUT2D eigenvalue weighted by atomic mass is 9.93. The van der Waals surface area contributed by atoms with Crippen molar-refractivity contribution in [3.8, 4) is 0 Å². The summed E-state index contributed by atoms with van der Waals surface area (Å²) in [5.74, 6) is 1.66. The number of nitrogens with one attached hydrogen (secondary N) is 3. The fourth-order valence-corrected chi connectivity index (χ4v) is 3.40. The number of amides is 1. The third-order valence-corrected chi connectivity index (χ3v) is 5.49. The molecule has 1 amide bonds.